The average Bonchev–Trinajstić information content (AvgIpc) is 1.81. The Morgan fingerprint density at radius 1 is 0.452 bits per heavy atom. The number of halogens is 2. The summed E-state index contributed by atoms with van der Waals surface area (Å²) in [5.74, 6) is 4.90. The van der Waals surface area contributed by atoms with Crippen molar-refractivity contribution in [2.75, 3.05) is 0 Å². The van der Waals surface area contributed by atoms with Gasteiger partial charge in [-0.05, 0) is 116 Å². The number of aryl methyl sites for hydroxylation is 7. The zero-order valence-electron chi connectivity index (χ0n) is 64.1. The number of nitrogens with zero attached hydrogens (tertiary/aromatic N) is 16. The van der Waals surface area contributed by atoms with Gasteiger partial charge in [0.05, 0.1) is 56.7 Å². The minimum absolute atomic E-state index is 0. The Hall–Kier alpha value is -10.1. The minimum atomic E-state index is -0.644. The van der Waals surface area contributed by atoms with Crippen LogP contribution in [0.15, 0.2) is 233 Å². The molecule has 593 valence electrons. The van der Waals surface area contributed by atoms with E-state index in [4.69, 9.17) is 13.3 Å². The van der Waals surface area contributed by atoms with E-state index in [0.717, 1.165) is 122 Å². The maximum Gasteiger partial charge on any atom is 0.216 e. The van der Waals surface area contributed by atoms with E-state index in [2.05, 4.69) is 161 Å². The number of benzene rings is 9. The van der Waals surface area contributed by atoms with E-state index < -0.39 is 11.6 Å². The number of para-hydroxylation sites is 2. The SMILES string of the molecule is CC(C)n1ccnc1-c1[c-]cc2oc(-c3ccccc3)nc2c1.Cc1cc(C(C)(C)C)cc(C)c1-n1ccnc1-c1[c-]cc2nc(C)n(C)c2c1.Cc1nc2c[c-]c(-c3nccn3-c3ccccc3)cc2o1.Cc1nc2cc(-c3nccn3-c3c(F)cccc3F)[c-]cc2s1.Cn1ccnc1-c1[c-]cc2ocnc2c1.[Ir].[Ir].[Ir].[Ir].[Ir]. The Balaban J connectivity index is 0.000000152. The van der Waals surface area contributed by atoms with Gasteiger partial charge in [0.15, 0.2) is 12.3 Å². The molecule has 0 aliphatic rings. The van der Waals surface area contributed by atoms with Crippen LogP contribution in [0, 0.1) is 76.6 Å². The van der Waals surface area contributed by atoms with E-state index in [1.54, 1.807) is 29.8 Å². The number of imidazole rings is 6. The maximum absolute atomic E-state index is 14.1. The molecule has 10 aromatic heterocycles. The first-order valence-electron chi connectivity index (χ1n) is 35.5. The minimum Gasteiger partial charge on any atom is -0.490 e. The molecule has 0 saturated heterocycles. The molecule has 0 bridgehead atoms. The van der Waals surface area contributed by atoms with Crippen LogP contribution in [0.4, 0.5) is 8.78 Å². The first-order chi connectivity index (χ1) is 53.2. The van der Waals surface area contributed by atoms with Crippen molar-refractivity contribution < 1.29 is 123 Å². The monoisotopic (exact) mass is 2440 g/mol. The molecule has 0 spiro atoms. The quantitative estimate of drug-likeness (QED) is 0.117. The van der Waals surface area contributed by atoms with E-state index in [-0.39, 0.29) is 112 Å². The van der Waals surface area contributed by atoms with Gasteiger partial charge in [-0.1, -0.05) is 81.4 Å². The molecule has 9 aromatic carbocycles. The molecule has 0 aliphatic carbocycles. The smallest absolute Gasteiger partial charge is 0.216 e. The van der Waals surface area contributed by atoms with Crippen molar-refractivity contribution >= 4 is 65.9 Å². The molecule has 0 fully saturated rings. The van der Waals surface area contributed by atoms with E-state index in [1.807, 2.05) is 190 Å². The van der Waals surface area contributed by atoms with Crippen molar-refractivity contribution in [2.24, 2.45) is 14.1 Å². The molecule has 0 N–H and O–H groups in total. The van der Waals surface area contributed by atoms with Crippen molar-refractivity contribution in [1.82, 2.24) is 77.2 Å². The molecule has 0 amide bonds. The number of hydrogen-bond acceptors (Lipinski definition) is 14. The summed E-state index contributed by atoms with van der Waals surface area (Å²) in [4.78, 5) is 44.0. The number of fused-ring (bicyclic) bond motifs is 5. The normalized spacial score (nSPS) is 10.9. The topological polar surface area (TPSA) is 198 Å². The molecule has 19 rings (SSSR count). The molecule has 19 nitrogen and oxygen atoms in total. The Kier molecular flexibility index (Phi) is 28.6. The molecule has 0 saturated carbocycles. The second-order valence-electron chi connectivity index (χ2n) is 27.5. The van der Waals surface area contributed by atoms with Gasteiger partial charge in [-0.3, -0.25) is 39.9 Å². The van der Waals surface area contributed by atoms with Crippen LogP contribution in [0.25, 0.3) is 140 Å². The second-order valence-corrected chi connectivity index (χ2v) is 28.7. The molecular weight excluding hydrogens is 2360 g/mol. The second kappa shape index (κ2) is 37.7. The van der Waals surface area contributed by atoms with Gasteiger partial charge in [-0.25, -0.2) is 18.7 Å². The van der Waals surface area contributed by atoms with E-state index >= 15 is 0 Å². The van der Waals surface area contributed by atoms with E-state index in [1.165, 1.54) is 63.9 Å². The summed E-state index contributed by atoms with van der Waals surface area (Å²) in [6.07, 6.45) is 19.5. The predicted octanol–water partition coefficient (Wildman–Crippen LogP) is 20.5. The van der Waals surface area contributed by atoms with Crippen molar-refractivity contribution in [1.29, 1.82) is 0 Å². The van der Waals surface area contributed by atoms with Gasteiger partial charge in [0.2, 0.25) is 5.89 Å². The summed E-state index contributed by atoms with van der Waals surface area (Å²) < 4.78 is 57.5. The third-order valence-corrected chi connectivity index (χ3v) is 19.4. The number of aromatic nitrogens is 16. The van der Waals surface area contributed by atoms with Gasteiger partial charge in [0.25, 0.3) is 0 Å². The fourth-order valence-corrected chi connectivity index (χ4v) is 13.8. The van der Waals surface area contributed by atoms with Gasteiger partial charge in [0.1, 0.15) is 17.3 Å². The van der Waals surface area contributed by atoms with Crippen LogP contribution >= 0.6 is 11.3 Å². The first-order valence-corrected chi connectivity index (χ1v) is 36.3. The van der Waals surface area contributed by atoms with Crippen molar-refractivity contribution in [3.8, 4) is 85.5 Å². The number of rotatable bonds is 10. The fourth-order valence-electron chi connectivity index (χ4n) is 13.0. The largest absolute Gasteiger partial charge is 0.490 e. The first kappa shape index (κ1) is 87.3. The summed E-state index contributed by atoms with van der Waals surface area (Å²) in [6.45, 7) is 21.2. The Morgan fingerprint density at radius 3 is 1.63 bits per heavy atom. The van der Waals surface area contributed by atoms with E-state index in [0.29, 0.717) is 29.2 Å². The molecule has 115 heavy (non-hydrogen) atoms. The zero-order chi connectivity index (χ0) is 76.5. The van der Waals surface area contributed by atoms with Crippen LogP contribution in [-0.2, 0) is 120 Å². The van der Waals surface area contributed by atoms with Crippen LogP contribution in [0.1, 0.15) is 74.1 Å². The standard InChI is InChI=1S/C24H27N4.C19H16N3O.C17H10F2N3S.C17H12N3O.C11H8N3O.5Ir/c1-15-12-19(24(4,5)6)13-16(2)22(15)28-11-10-25-23(28)18-8-9-20-21(14-18)27(7)17(3)26-20;1-13(2)22-11-10-20-18(22)15-8-9-17-16(12-15)21-19(23-17)14-6-4-3-5-7-14;1-10-21-14-9-11(5-6-15(14)23-10)17-20-7-8-22(17)16-12(18)3-2-4-13(16)19;1-12-19-15-8-7-13(11-16(15)21-12)17-18-9-10-20(17)14-5-3-2-4-6-14;1-14-5-4-12-11(14)8-2-3-10-9(6-8)13-7-15-10;;;;;/h9-14H,1-7H3;3-7,9-13H,1-2H3;2-4,6-9H,1H3;2-6,8-11H,1H3;3-7H,1H3;;;;;/q5*-1;;;;;. The van der Waals surface area contributed by atoms with Crippen LogP contribution in [0.2, 0.25) is 0 Å². The number of hydrogen-bond donors (Lipinski definition) is 0. The molecule has 0 aliphatic heterocycles. The maximum atomic E-state index is 14.1. The van der Waals surface area contributed by atoms with Crippen LogP contribution in [-0.4, -0.2) is 77.2 Å². The predicted molar refractivity (Wildman–Crippen MR) is 426 cm³/mol. The molecule has 5 radical (unpaired) electrons. The summed E-state index contributed by atoms with van der Waals surface area (Å²) >= 11 is 1.57. The Labute approximate surface area is 734 Å². The molecular formula is C88H73F2Ir5N16O3S-5. The van der Waals surface area contributed by atoms with Gasteiger partial charge in [-0.15, -0.1) is 113 Å². The Bertz CT molecular complexity index is 6460. The van der Waals surface area contributed by atoms with Crippen molar-refractivity contribution in [3.05, 3.63) is 295 Å². The summed E-state index contributed by atoms with van der Waals surface area (Å²) in [5.41, 5.74) is 18.9. The van der Waals surface area contributed by atoms with Gasteiger partial charge >= 0.3 is 0 Å². The van der Waals surface area contributed by atoms with Gasteiger partial charge in [0, 0.05) is 229 Å². The van der Waals surface area contributed by atoms with Gasteiger partial charge in [-0.2, -0.15) is 11.3 Å². The molecule has 27 heteroatoms. The molecule has 0 atom stereocenters. The summed E-state index contributed by atoms with van der Waals surface area (Å²) in [6, 6.07) is 63.8. The van der Waals surface area contributed by atoms with Crippen molar-refractivity contribution in [3.63, 3.8) is 0 Å². The van der Waals surface area contributed by atoms with Gasteiger partial charge < -0.3 is 40.7 Å². The molecule has 19 aromatic rings. The third-order valence-electron chi connectivity index (χ3n) is 18.5. The molecule has 10 heterocycles. The third kappa shape index (κ3) is 18.9. The summed E-state index contributed by atoms with van der Waals surface area (Å²) in [5, 5.41) is 0.953. The van der Waals surface area contributed by atoms with Crippen molar-refractivity contribution in [2.45, 2.75) is 80.7 Å². The van der Waals surface area contributed by atoms with Crippen LogP contribution < -0.4 is 0 Å². The van der Waals surface area contributed by atoms with E-state index in [9.17, 15) is 8.78 Å². The molecule has 0 unspecified atom stereocenters. The average molecular weight is 2430 g/mol. The Morgan fingerprint density at radius 2 is 0.983 bits per heavy atom. The van der Waals surface area contributed by atoms with Crippen LogP contribution in [0.5, 0.6) is 0 Å². The summed E-state index contributed by atoms with van der Waals surface area (Å²) in [7, 11) is 3.99. The number of thiazole rings is 1. The number of oxazole rings is 3. The fraction of sp³-hybridized carbons (Fsp3) is 0.159. The van der Waals surface area contributed by atoms with Crippen LogP contribution in [0.3, 0.4) is 0 Å². The zero-order valence-corrected chi connectivity index (χ0v) is 76.9.